The van der Waals surface area contributed by atoms with Crippen molar-refractivity contribution in [3.63, 3.8) is 0 Å². The van der Waals surface area contributed by atoms with Gasteiger partial charge in [-0.15, -0.1) is 0 Å². The van der Waals surface area contributed by atoms with E-state index >= 15 is 0 Å². The van der Waals surface area contributed by atoms with E-state index < -0.39 is 6.43 Å². The van der Waals surface area contributed by atoms with Gasteiger partial charge in [-0.25, -0.2) is 13.8 Å². The van der Waals surface area contributed by atoms with Crippen LogP contribution in [0, 0.1) is 0 Å². The summed E-state index contributed by atoms with van der Waals surface area (Å²) in [5, 5.41) is 3.57. The van der Waals surface area contributed by atoms with E-state index in [1.54, 1.807) is 24.3 Å². The fourth-order valence-corrected chi connectivity index (χ4v) is 6.22. The zero-order valence-electron chi connectivity index (χ0n) is 23.0. The van der Waals surface area contributed by atoms with Crippen LogP contribution in [0.5, 0.6) is 0 Å². The van der Waals surface area contributed by atoms with Gasteiger partial charge in [-0.3, -0.25) is 14.3 Å². The largest absolute Gasteiger partial charge is 0.378 e. The number of fused-ring (bicyclic) bond motifs is 1. The molecule has 12 heteroatoms. The number of amides is 1. The predicted molar refractivity (Wildman–Crippen MR) is 148 cm³/mol. The summed E-state index contributed by atoms with van der Waals surface area (Å²) in [4.78, 5) is 32.8. The van der Waals surface area contributed by atoms with Crippen LogP contribution in [0.25, 0.3) is 16.9 Å². The highest BCUT2D eigenvalue weighted by Gasteiger charge is 2.38. The van der Waals surface area contributed by atoms with Crippen molar-refractivity contribution in [3.8, 4) is 5.82 Å². The summed E-state index contributed by atoms with van der Waals surface area (Å²) >= 11 is 0. The molecule has 40 heavy (non-hydrogen) atoms. The third kappa shape index (κ3) is 5.22. The maximum absolute atomic E-state index is 14.1. The predicted octanol–water partition coefficient (Wildman–Crippen LogP) is 3.48. The number of imidazole rings is 1. The molecule has 3 aromatic rings. The van der Waals surface area contributed by atoms with Crippen molar-refractivity contribution in [1.29, 1.82) is 0 Å². The lowest BCUT2D eigenvalue weighted by Gasteiger charge is -2.35. The van der Waals surface area contributed by atoms with Gasteiger partial charge in [0.15, 0.2) is 5.82 Å². The van der Waals surface area contributed by atoms with Crippen LogP contribution < -0.4 is 10.2 Å². The van der Waals surface area contributed by atoms with Gasteiger partial charge < -0.3 is 19.9 Å². The number of aromatic nitrogens is 4. The number of rotatable bonds is 7. The van der Waals surface area contributed by atoms with E-state index in [-0.39, 0.29) is 29.9 Å². The summed E-state index contributed by atoms with van der Waals surface area (Å²) in [6.07, 6.45) is 1.73. The molecule has 1 saturated carbocycles. The smallest absolute Gasteiger partial charge is 0.296 e. The molecular formula is C28H36F2N8O2. The van der Waals surface area contributed by atoms with Gasteiger partial charge >= 0.3 is 0 Å². The number of anilines is 2. The number of hydrogen-bond donors (Lipinski definition) is 1. The first-order chi connectivity index (χ1) is 19.4. The topological polar surface area (TPSA) is 91.7 Å². The molecule has 0 radical (unpaired) electrons. The molecule has 0 spiro atoms. The number of morpholine rings is 1. The maximum atomic E-state index is 14.1. The van der Waals surface area contributed by atoms with Crippen LogP contribution in [0.15, 0.2) is 30.3 Å². The molecule has 1 amide bonds. The molecule has 2 aliphatic heterocycles. The number of alkyl halides is 2. The van der Waals surface area contributed by atoms with Crippen molar-refractivity contribution in [1.82, 2.24) is 29.3 Å². The summed E-state index contributed by atoms with van der Waals surface area (Å²) in [5.41, 5.74) is 1.06. The molecule has 1 unspecified atom stereocenters. The second-order valence-corrected chi connectivity index (χ2v) is 11.1. The first-order valence-electron chi connectivity index (χ1n) is 14.1. The number of hydrogen-bond acceptors (Lipinski definition) is 8. The molecule has 2 aromatic heterocycles. The zero-order valence-corrected chi connectivity index (χ0v) is 23.0. The summed E-state index contributed by atoms with van der Waals surface area (Å²) in [7, 11) is 3.93. The Morgan fingerprint density at radius 1 is 1.00 bits per heavy atom. The molecule has 1 N–H and O–H groups in total. The van der Waals surface area contributed by atoms with Crippen LogP contribution in [-0.2, 0) is 9.53 Å². The van der Waals surface area contributed by atoms with Gasteiger partial charge in [0.25, 0.3) is 6.43 Å². The minimum atomic E-state index is -2.76. The highest BCUT2D eigenvalue weighted by molar-refractivity contribution is 5.84. The van der Waals surface area contributed by atoms with Crippen molar-refractivity contribution < 1.29 is 18.3 Å². The minimum Gasteiger partial charge on any atom is -0.378 e. The molecule has 2 saturated heterocycles. The standard InChI is InChI=1S/C28H36F2N8O2/c1-35(2)22-11-12-37(27(22)39)19-9-7-18(8-10-19)31-23-17-24(34-28(33-23)36-13-15-40-16-14-36)38-21-6-4-3-5-20(21)32-26(38)25(29)30/h3-6,17-19,22,25H,7-16H2,1-2H3,(H,31,33,34)/t18-,19-,22?. The molecular weight excluding hydrogens is 518 g/mol. The molecule has 4 heterocycles. The molecule has 3 aliphatic rings. The van der Waals surface area contributed by atoms with E-state index in [2.05, 4.69) is 15.2 Å². The lowest BCUT2D eigenvalue weighted by atomic mass is 9.90. The summed E-state index contributed by atoms with van der Waals surface area (Å²) in [5.74, 6) is 1.32. The molecule has 1 aliphatic carbocycles. The molecule has 10 nitrogen and oxygen atoms in total. The van der Waals surface area contributed by atoms with E-state index in [0.29, 0.717) is 54.9 Å². The minimum absolute atomic E-state index is 0.0220. The van der Waals surface area contributed by atoms with Gasteiger partial charge in [-0.2, -0.15) is 9.97 Å². The van der Waals surface area contributed by atoms with E-state index in [9.17, 15) is 13.6 Å². The number of likely N-dealkylation sites (tertiary alicyclic amines) is 1. The Balaban J connectivity index is 1.26. The van der Waals surface area contributed by atoms with Crippen LogP contribution in [0.1, 0.15) is 44.4 Å². The molecule has 0 bridgehead atoms. The van der Waals surface area contributed by atoms with Crippen molar-refractivity contribution >= 4 is 28.7 Å². The summed E-state index contributed by atoms with van der Waals surface area (Å²) in [6.45, 7) is 3.17. The van der Waals surface area contributed by atoms with E-state index in [0.717, 1.165) is 38.6 Å². The number of benzene rings is 1. The number of carbonyl (C=O) groups is 1. The van der Waals surface area contributed by atoms with Crippen LogP contribution in [0.4, 0.5) is 20.5 Å². The third-order valence-corrected chi connectivity index (χ3v) is 8.33. The number of halogens is 2. The lowest BCUT2D eigenvalue weighted by Crippen LogP contribution is -2.45. The van der Waals surface area contributed by atoms with Gasteiger partial charge in [0.05, 0.1) is 30.3 Å². The van der Waals surface area contributed by atoms with Crippen molar-refractivity contribution in [2.45, 2.75) is 56.7 Å². The van der Waals surface area contributed by atoms with Gasteiger partial charge in [0.2, 0.25) is 11.9 Å². The Hall–Kier alpha value is -3.38. The Morgan fingerprint density at radius 3 is 2.45 bits per heavy atom. The number of carbonyl (C=O) groups excluding carboxylic acids is 1. The Labute approximate surface area is 232 Å². The SMILES string of the molecule is CN(C)C1CCN([C@H]2CC[C@H](Nc3cc(-n4c(C(F)F)nc5ccccc54)nc(N4CCOCC4)n3)CC2)C1=O. The van der Waals surface area contributed by atoms with Crippen LogP contribution >= 0.6 is 0 Å². The zero-order chi connectivity index (χ0) is 27.8. The average Bonchev–Trinajstić information content (AvgIpc) is 3.55. The van der Waals surface area contributed by atoms with Gasteiger partial charge in [0.1, 0.15) is 11.6 Å². The number of likely N-dealkylation sites (N-methyl/N-ethyl adjacent to an activating group) is 1. The molecule has 1 atom stereocenters. The number of para-hydroxylation sites is 2. The van der Waals surface area contributed by atoms with E-state index in [1.807, 2.05) is 30.0 Å². The van der Waals surface area contributed by atoms with Gasteiger partial charge in [-0.05, 0) is 58.3 Å². The lowest BCUT2D eigenvalue weighted by molar-refractivity contribution is -0.133. The van der Waals surface area contributed by atoms with Crippen LogP contribution in [0.2, 0.25) is 0 Å². The number of ether oxygens (including phenoxy) is 1. The molecule has 214 valence electrons. The summed E-state index contributed by atoms with van der Waals surface area (Å²) < 4.78 is 35.2. The fourth-order valence-electron chi connectivity index (χ4n) is 6.22. The Kier molecular flexibility index (Phi) is 7.54. The van der Waals surface area contributed by atoms with Crippen molar-refractivity contribution in [3.05, 3.63) is 36.2 Å². The van der Waals surface area contributed by atoms with Crippen LogP contribution in [0.3, 0.4) is 0 Å². The van der Waals surface area contributed by atoms with Gasteiger partial charge in [-0.1, -0.05) is 12.1 Å². The highest BCUT2D eigenvalue weighted by Crippen LogP contribution is 2.32. The highest BCUT2D eigenvalue weighted by atomic mass is 19.3. The monoisotopic (exact) mass is 554 g/mol. The fraction of sp³-hybridized carbons (Fsp3) is 0.571. The normalized spacial score (nSPS) is 24.1. The first-order valence-corrected chi connectivity index (χ1v) is 14.1. The first kappa shape index (κ1) is 26.8. The Morgan fingerprint density at radius 2 is 1.75 bits per heavy atom. The molecule has 6 rings (SSSR count). The molecule has 3 fully saturated rings. The quantitative estimate of drug-likeness (QED) is 0.475. The van der Waals surface area contributed by atoms with Crippen molar-refractivity contribution in [2.75, 3.05) is 57.2 Å². The molecule has 1 aromatic carbocycles. The second-order valence-electron chi connectivity index (χ2n) is 11.1. The maximum Gasteiger partial charge on any atom is 0.296 e. The van der Waals surface area contributed by atoms with Crippen LogP contribution in [-0.4, -0.2) is 100 Å². The Bertz CT molecular complexity index is 1350. The number of nitrogens with one attached hydrogen (secondary N) is 1. The van der Waals surface area contributed by atoms with Gasteiger partial charge in [0, 0.05) is 37.8 Å². The van der Waals surface area contributed by atoms with E-state index in [1.165, 1.54) is 4.57 Å². The van der Waals surface area contributed by atoms with Crippen molar-refractivity contribution in [2.24, 2.45) is 0 Å². The third-order valence-electron chi connectivity index (χ3n) is 8.33. The summed E-state index contributed by atoms with van der Waals surface area (Å²) in [6, 6.07) is 9.23. The second kappa shape index (κ2) is 11.2. The average molecular weight is 555 g/mol. The number of nitrogens with zero attached hydrogens (tertiary/aromatic N) is 7. The van der Waals surface area contributed by atoms with E-state index in [4.69, 9.17) is 14.7 Å².